The summed E-state index contributed by atoms with van der Waals surface area (Å²) in [7, 11) is 0. The molecule has 0 unspecified atom stereocenters. The van der Waals surface area contributed by atoms with Gasteiger partial charge in [-0.15, -0.1) is 0 Å². The van der Waals surface area contributed by atoms with Gasteiger partial charge in [0.25, 0.3) is 0 Å². The lowest BCUT2D eigenvalue weighted by molar-refractivity contribution is 0.281. The molecule has 0 radical (unpaired) electrons. The van der Waals surface area contributed by atoms with Gasteiger partial charge in [-0.25, -0.2) is 4.98 Å². The predicted octanol–water partition coefficient (Wildman–Crippen LogP) is 1.84. The highest BCUT2D eigenvalue weighted by Crippen LogP contribution is 2.38. The Balaban J connectivity index is 1.64. The first kappa shape index (κ1) is 14.6. The molecule has 1 aliphatic carbocycles. The van der Waals surface area contributed by atoms with Crippen LogP contribution in [0.5, 0.6) is 5.88 Å². The fourth-order valence-electron chi connectivity index (χ4n) is 2.57. The van der Waals surface area contributed by atoms with E-state index in [-0.39, 0.29) is 18.5 Å². The first-order valence-corrected chi connectivity index (χ1v) is 7.73. The van der Waals surface area contributed by atoms with Gasteiger partial charge in [-0.1, -0.05) is 30.3 Å². The zero-order chi connectivity index (χ0) is 16.5. The van der Waals surface area contributed by atoms with Crippen LogP contribution in [0.1, 0.15) is 12.0 Å². The van der Waals surface area contributed by atoms with Gasteiger partial charge < -0.3 is 15.6 Å². The van der Waals surface area contributed by atoms with Crippen LogP contribution in [0, 0.1) is 5.92 Å². The van der Waals surface area contributed by atoms with Gasteiger partial charge in [-0.2, -0.15) is 9.97 Å². The minimum absolute atomic E-state index is 0.139. The second-order valence-corrected chi connectivity index (χ2v) is 5.77. The van der Waals surface area contributed by atoms with Crippen LogP contribution >= 0.6 is 0 Å². The number of fused-ring (bicyclic) bond motifs is 1. The highest BCUT2D eigenvalue weighted by atomic mass is 16.5. The van der Waals surface area contributed by atoms with Gasteiger partial charge in [-0.05, 0) is 17.6 Å². The number of ether oxygens (including phenoxy) is 1. The molecule has 0 bridgehead atoms. The topological polar surface area (TPSA) is 99.1 Å². The maximum Gasteiger partial charge on any atom is 0.247 e. The van der Waals surface area contributed by atoms with E-state index in [1.54, 1.807) is 10.9 Å². The Morgan fingerprint density at radius 3 is 2.88 bits per heavy atom. The highest BCUT2D eigenvalue weighted by molar-refractivity contribution is 5.79. The van der Waals surface area contributed by atoms with Gasteiger partial charge in [0.05, 0.1) is 0 Å². The lowest BCUT2D eigenvalue weighted by atomic mass is 10.2. The van der Waals surface area contributed by atoms with Crippen molar-refractivity contribution in [2.75, 3.05) is 12.3 Å². The fourth-order valence-corrected chi connectivity index (χ4v) is 2.57. The average molecular weight is 323 g/mol. The number of hydrogen-bond donors (Lipinski definition) is 2. The van der Waals surface area contributed by atoms with E-state index in [0.717, 1.165) is 12.0 Å². The van der Waals surface area contributed by atoms with Crippen molar-refractivity contribution in [2.24, 2.45) is 5.92 Å². The number of nitrogens with zero attached hydrogens (tertiary/aromatic N) is 4. The van der Waals surface area contributed by atoms with E-state index < -0.39 is 0 Å². The Bertz CT molecular complexity index is 904. The van der Waals surface area contributed by atoms with Crippen molar-refractivity contribution < 1.29 is 9.84 Å². The lowest BCUT2D eigenvalue weighted by Gasteiger charge is -2.06. The molecule has 0 spiro atoms. The molecular formula is C17H17N5O2. The van der Waals surface area contributed by atoms with Crippen molar-refractivity contribution in [1.29, 1.82) is 0 Å². The van der Waals surface area contributed by atoms with Gasteiger partial charge in [-0.3, -0.25) is 4.57 Å². The third-order valence-corrected chi connectivity index (χ3v) is 4.00. The van der Waals surface area contributed by atoms with E-state index in [1.165, 1.54) is 5.57 Å². The zero-order valence-corrected chi connectivity index (χ0v) is 13.0. The Hall–Kier alpha value is -2.93. The molecule has 24 heavy (non-hydrogen) atoms. The Kier molecular flexibility index (Phi) is 3.62. The molecule has 2 heterocycles. The number of imidazole rings is 1. The molecular weight excluding hydrogens is 306 g/mol. The fraction of sp³-hybridized carbons (Fsp3) is 0.235. The smallest absolute Gasteiger partial charge is 0.247 e. The Morgan fingerprint density at radius 1 is 1.29 bits per heavy atom. The molecule has 1 atom stereocenters. The van der Waals surface area contributed by atoms with Crippen molar-refractivity contribution >= 4 is 23.3 Å². The second-order valence-electron chi connectivity index (χ2n) is 5.77. The van der Waals surface area contributed by atoms with Crippen molar-refractivity contribution in [3.63, 3.8) is 0 Å². The maximum absolute atomic E-state index is 9.15. The summed E-state index contributed by atoms with van der Waals surface area (Å²) in [4.78, 5) is 12.8. The molecule has 1 aromatic carbocycles. The number of nitrogen functional groups attached to an aromatic ring is 1. The van der Waals surface area contributed by atoms with Crippen molar-refractivity contribution in [2.45, 2.75) is 13.0 Å². The van der Waals surface area contributed by atoms with Crippen molar-refractivity contribution in [1.82, 2.24) is 19.5 Å². The Labute approximate surface area is 138 Å². The molecule has 7 nitrogen and oxygen atoms in total. The molecule has 3 N–H and O–H groups in total. The largest absolute Gasteiger partial charge is 0.471 e. The molecule has 7 heteroatoms. The van der Waals surface area contributed by atoms with Gasteiger partial charge in [0.15, 0.2) is 11.2 Å². The summed E-state index contributed by atoms with van der Waals surface area (Å²) >= 11 is 0. The van der Waals surface area contributed by atoms with E-state index in [9.17, 15) is 0 Å². The summed E-state index contributed by atoms with van der Waals surface area (Å²) < 4.78 is 7.59. The molecule has 0 amide bonds. The maximum atomic E-state index is 9.15. The number of benzene rings is 1. The van der Waals surface area contributed by atoms with E-state index in [4.69, 9.17) is 15.6 Å². The summed E-state index contributed by atoms with van der Waals surface area (Å²) in [6.45, 7) is 0.550. The van der Waals surface area contributed by atoms with Crippen LogP contribution in [0.3, 0.4) is 0 Å². The van der Waals surface area contributed by atoms with Crippen LogP contribution in [0.15, 0.2) is 42.2 Å². The summed E-state index contributed by atoms with van der Waals surface area (Å²) in [5, 5.41) is 9.15. The zero-order valence-electron chi connectivity index (χ0n) is 13.0. The molecule has 4 rings (SSSR count). The summed E-state index contributed by atoms with van der Waals surface area (Å²) in [6, 6.07) is 9.82. The quantitative estimate of drug-likeness (QED) is 0.743. The van der Waals surface area contributed by atoms with E-state index in [2.05, 4.69) is 15.0 Å². The van der Waals surface area contributed by atoms with Gasteiger partial charge in [0.2, 0.25) is 11.8 Å². The number of aliphatic hydroxyl groups is 1. The average Bonchev–Trinajstić information content (AvgIpc) is 3.25. The Morgan fingerprint density at radius 2 is 2.12 bits per heavy atom. The molecule has 2 aromatic heterocycles. The molecule has 1 saturated carbocycles. The number of rotatable bonds is 5. The van der Waals surface area contributed by atoms with Crippen LogP contribution in [-0.4, -0.2) is 31.2 Å². The molecule has 1 aliphatic rings. The molecule has 0 aliphatic heterocycles. The monoisotopic (exact) mass is 323 g/mol. The molecule has 3 aromatic rings. The van der Waals surface area contributed by atoms with E-state index in [0.29, 0.717) is 23.7 Å². The van der Waals surface area contributed by atoms with Gasteiger partial charge in [0.1, 0.15) is 12.9 Å². The molecule has 1 fully saturated rings. The lowest BCUT2D eigenvalue weighted by Crippen LogP contribution is -2.03. The van der Waals surface area contributed by atoms with Crippen LogP contribution < -0.4 is 10.5 Å². The first-order chi connectivity index (χ1) is 11.7. The molecule has 122 valence electrons. The second kappa shape index (κ2) is 5.93. The molecule has 0 saturated heterocycles. The van der Waals surface area contributed by atoms with Crippen LogP contribution in [0.25, 0.3) is 17.4 Å². The minimum atomic E-state index is 0.139. The van der Waals surface area contributed by atoms with Crippen molar-refractivity contribution in [3.05, 3.63) is 47.8 Å². The highest BCUT2D eigenvalue weighted by Gasteiger charge is 2.29. The number of anilines is 1. The summed E-state index contributed by atoms with van der Waals surface area (Å²) in [5.74, 6) is 0.753. The number of aromatic nitrogens is 4. The first-order valence-electron chi connectivity index (χ1n) is 7.73. The standard InChI is InChI=1S/C17H17N5O2/c18-17-20-15-14(19-10-22(15)7-12-6-13(12)8-23)16(21-17)24-9-11-4-2-1-3-5-11/h1-5,7,10,13,23H,6,8-9H2,(H2,18,20,21)/b12-7-/t13-/m1/s1. The van der Waals surface area contributed by atoms with Gasteiger partial charge >= 0.3 is 0 Å². The normalized spacial score (nSPS) is 18.2. The van der Waals surface area contributed by atoms with Crippen molar-refractivity contribution in [3.8, 4) is 5.88 Å². The third-order valence-electron chi connectivity index (χ3n) is 4.00. The van der Waals surface area contributed by atoms with Crippen LogP contribution in [-0.2, 0) is 6.61 Å². The number of hydrogen-bond acceptors (Lipinski definition) is 6. The third kappa shape index (κ3) is 2.81. The minimum Gasteiger partial charge on any atom is -0.471 e. The van der Waals surface area contributed by atoms with E-state index in [1.807, 2.05) is 36.5 Å². The van der Waals surface area contributed by atoms with Crippen LogP contribution in [0.2, 0.25) is 0 Å². The van der Waals surface area contributed by atoms with Gasteiger partial charge in [0, 0.05) is 18.7 Å². The SMILES string of the molecule is Nc1nc(OCc2ccccc2)c2ncn(/C=C3/C[C@@H]3CO)c2n1. The summed E-state index contributed by atoms with van der Waals surface area (Å²) in [5.41, 5.74) is 9.19. The summed E-state index contributed by atoms with van der Waals surface area (Å²) in [6.07, 6.45) is 4.49. The number of nitrogens with two attached hydrogens (primary N) is 1. The predicted molar refractivity (Wildman–Crippen MR) is 90.0 cm³/mol. The van der Waals surface area contributed by atoms with Crippen LogP contribution in [0.4, 0.5) is 5.95 Å². The number of aliphatic hydroxyl groups excluding tert-OH is 1. The van der Waals surface area contributed by atoms with E-state index >= 15 is 0 Å².